The van der Waals surface area contributed by atoms with Crippen molar-refractivity contribution in [2.75, 3.05) is 13.1 Å². The largest absolute Gasteiger partial charge is 0.461 e. The first-order chi connectivity index (χ1) is 10.1. The summed E-state index contributed by atoms with van der Waals surface area (Å²) in [6.07, 6.45) is 3.13. The van der Waals surface area contributed by atoms with Crippen LogP contribution in [0.25, 0.3) is 11.6 Å². The molecule has 3 rings (SSSR count). The number of hydrogen-bond donors (Lipinski definition) is 1. The Balaban J connectivity index is 1.66. The fourth-order valence-corrected chi connectivity index (χ4v) is 2.64. The SMILES string of the molecule is C[C@@H](c1nc(-c2ccco2)no1)N1CCC(C(N)=O)CC1. The molecule has 1 amide bonds. The molecule has 112 valence electrons. The summed E-state index contributed by atoms with van der Waals surface area (Å²) in [6.45, 7) is 3.62. The van der Waals surface area contributed by atoms with E-state index in [1.807, 2.05) is 6.92 Å². The minimum absolute atomic E-state index is 0.00930. The van der Waals surface area contributed by atoms with Gasteiger partial charge in [0.25, 0.3) is 0 Å². The van der Waals surface area contributed by atoms with E-state index in [0.29, 0.717) is 17.5 Å². The lowest BCUT2D eigenvalue weighted by molar-refractivity contribution is -0.123. The molecule has 3 heterocycles. The zero-order valence-electron chi connectivity index (χ0n) is 11.9. The van der Waals surface area contributed by atoms with E-state index in [1.165, 1.54) is 0 Å². The average Bonchev–Trinajstić information content (AvgIpc) is 3.17. The Morgan fingerprint density at radius 1 is 1.48 bits per heavy atom. The van der Waals surface area contributed by atoms with E-state index in [4.69, 9.17) is 14.7 Å². The lowest BCUT2D eigenvalue weighted by atomic mass is 9.95. The molecule has 1 aliphatic rings. The topological polar surface area (TPSA) is 98.4 Å². The second kappa shape index (κ2) is 5.69. The van der Waals surface area contributed by atoms with E-state index < -0.39 is 0 Å². The third-order valence-electron chi connectivity index (χ3n) is 4.02. The molecule has 0 radical (unpaired) electrons. The van der Waals surface area contributed by atoms with Crippen molar-refractivity contribution >= 4 is 5.91 Å². The van der Waals surface area contributed by atoms with E-state index in [2.05, 4.69) is 15.0 Å². The number of nitrogens with zero attached hydrogens (tertiary/aromatic N) is 3. The highest BCUT2D eigenvalue weighted by Crippen LogP contribution is 2.27. The number of carbonyl (C=O) groups is 1. The Hall–Kier alpha value is -2.15. The number of furan rings is 1. The van der Waals surface area contributed by atoms with E-state index in [1.54, 1.807) is 18.4 Å². The Kier molecular flexibility index (Phi) is 3.74. The van der Waals surface area contributed by atoms with Crippen molar-refractivity contribution in [3.05, 3.63) is 24.3 Å². The quantitative estimate of drug-likeness (QED) is 0.918. The van der Waals surface area contributed by atoms with Gasteiger partial charge < -0.3 is 14.7 Å². The highest BCUT2D eigenvalue weighted by Gasteiger charge is 2.29. The van der Waals surface area contributed by atoms with E-state index in [-0.39, 0.29) is 17.9 Å². The van der Waals surface area contributed by atoms with Gasteiger partial charge in [0.1, 0.15) is 0 Å². The van der Waals surface area contributed by atoms with Crippen LogP contribution in [0.5, 0.6) is 0 Å². The van der Waals surface area contributed by atoms with Crippen molar-refractivity contribution in [3.8, 4) is 11.6 Å². The summed E-state index contributed by atoms with van der Waals surface area (Å²) in [5, 5.41) is 3.94. The van der Waals surface area contributed by atoms with Crippen molar-refractivity contribution in [1.29, 1.82) is 0 Å². The second-order valence-electron chi connectivity index (χ2n) is 5.32. The molecule has 2 N–H and O–H groups in total. The number of carbonyl (C=O) groups excluding carboxylic acids is 1. The first-order valence-corrected chi connectivity index (χ1v) is 7.06. The van der Waals surface area contributed by atoms with Gasteiger partial charge in [0.05, 0.1) is 12.3 Å². The molecular weight excluding hydrogens is 272 g/mol. The minimum atomic E-state index is -0.208. The number of primary amides is 1. The number of amides is 1. The summed E-state index contributed by atoms with van der Waals surface area (Å²) in [6, 6.07) is 3.58. The van der Waals surface area contributed by atoms with Gasteiger partial charge in [0, 0.05) is 5.92 Å². The fraction of sp³-hybridized carbons (Fsp3) is 0.500. The first-order valence-electron chi connectivity index (χ1n) is 7.06. The number of hydrogen-bond acceptors (Lipinski definition) is 6. The summed E-state index contributed by atoms with van der Waals surface area (Å²) in [7, 11) is 0. The van der Waals surface area contributed by atoms with Gasteiger partial charge in [-0.25, -0.2) is 0 Å². The maximum absolute atomic E-state index is 11.2. The highest BCUT2D eigenvalue weighted by atomic mass is 16.5. The smallest absolute Gasteiger partial charge is 0.244 e. The molecule has 0 spiro atoms. The van der Waals surface area contributed by atoms with Crippen molar-refractivity contribution in [3.63, 3.8) is 0 Å². The molecule has 21 heavy (non-hydrogen) atoms. The summed E-state index contributed by atoms with van der Waals surface area (Å²) < 4.78 is 10.6. The third kappa shape index (κ3) is 2.82. The number of nitrogens with two attached hydrogens (primary N) is 1. The van der Waals surface area contributed by atoms with Gasteiger partial charge >= 0.3 is 0 Å². The molecule has 1 saturated heterocycles. The van der Waals surface area contributed by atoms with Gasteiger partial charge in [-0.3, -0.25) is 9.69 Å². The standard InChI is InChI=1S/C14H18N4O3/c1-9(18-6-4-10(5-7-18)12(15)19)14-16-13(17-21-14)11-3-2-8-20-11/h2-3,8-10H,4-7H2,1H3,(H2,15,19)/t9-/m0/s1. The van der Waals surface area contributed by atoms with Crippen LogP contribution < -0.4 is 5.73 Å². The van der Waals surface area contributed by atoms with E-state index in [9.17, 15) is 4.79 Å². The zero-order chi connectivity index (χ0) is 14.8. The van der Waals surface area contributed by atoms with E-state index in [0.717, 1.165) is 25.9 Å². The molecule has 0 aliphatic carbocycles. The van der Waals surface area contributed by atoms with Gasteiger partial charge in [-0.2, -0.15) is 4.98 Å². The van der Waals surface area contributed by atoms with Crippen molar-refractivity contribution in [2.24, 2.45) is 11.7 Å². The molecule has 2 aromatic rings. The molecule has 1 fully saturated rings. The Morgan fingerprint density at radius 3 is 2.86 bits per heavy atom. The number of aromatic nitrogens is 2. The van der Waals surface area contributed by atoms with Gasteiger partial charge in [-0.15, -0.1) is 0 Å². The Labute approximate surface area is 122 Å². The Morgan fingerprint density at radius 2 is 2.24 bits per heavy atom. The van der Waals surface area contributed by atoms with Crippen LogP contribution in [0.2, 0.25) is 0 Å². The Bertz CT molecular complexity index is 600. The van der Waals surface area contributed by atoms with Crippen LogP contribution in [-0.2, 0) is 4.79 Å². The van der Waals surface area contributed by atoms with Crippen molar-refractivity contribution < 1.29 is 13.7 Å². The van der Waals surface area contributed by atoms with Crippen LogP contribution in [0.3, 0.4) is 0 Å². The van der Waals surface area contributed by atoms with Gasteiger partial charge in [0.15, 0.2) is 5.76 Å². The summed E-state index contributed by atoms with van der Waals surface area (Å²) in [4.78, 5) is 17.8. The van der Waals surface area contributed by atoms with Crippen LogP contribution in [0.15, 0.2) is 27.3 Å². The van der Waals surface area contributed by atoms with Crippen LogP contribution >= 0.6 is 0 Å². The molecule has 7 nitrogen and oxygen atoms in total. The molecule has 1 atom stereocenters. The first kappa shape index (κ1) is 13.8. The maximum Gasteiger partial charge on any atom is 0.244 e. The predicted octanol–water partition coefficient (Wildman–Crippen LogP) is 1.59. The van der Waals surface area contributed by atoms with Gasteiger partial charge in [-0.05, 0) is 45.0 Å². The fourth-order valence-electron chi connectivity index (χ4n) is 2.64. The number of piperidine rings is 1. The van der Waals surface area contributed by atoms with Crippen LogP contribution in [-0.4, -0.2) is 34.0 Å². The third-order valence-corrected chi connectivity index (χ3v) is 4.02. The number of rotatable bonds is 4. The van der Waals surface area contributed by atoms with Gasteiger partial charge in [-0.1, -0.05) is 5.16 Å². The minimum Gasteiger partial charge on any atom is -0.461 e. The maximum atomic E-state index is 11.2. The lowest BCUT2D eigenvalue weighted by Crippen LogP contribution is -2.39. The summed E-state index contributed by atoms with van der Waals surface area (Å²) >= 11 is 0. The molecule has 2 aromatic heterocycles. The summed E-state index contributed by atoms with van der Waals surface area (Å²) in [5.74, 6) is 1.37. The molecular formula is C14H18N4O3. The molecule has 7 heteroatoms. The molecule has 0 aromatic carbocycles. The second-order valence-corrected chi connectivity index (χ2v) is 5.32. The molecule has 0 bridgehead atoms. The number of likely N-dealkylation sites (tertiary alicyclic amines) is 1. The lowest BCUT2D eigenvalue weighted by Gasteiger charge is -2.33. The van der Waals surface area contributed by atoms with Crippen LogP contribution in [0, 0.1) is 5.92 Å². The van der Waals surface area contributed by atoms with Gasteiger partial charge in [0.2, 0.25) is 17.6 Å². The monoisotopic (exact) mass is 290 g/mol. The zero-order valence-corrected chi connectivity index (χ0v) is 11.9. The predicted molar refractivity (Wildman–Crippen MR) is 73.9 cm³/mol. The molecule has 0 unspecified atom stereocenters. The average molecular weight is 290 g/mol. The van der Waals surface area contributed by atoms with Crippen LogP contribution in [0.4, 0.5) is 0 Å². The highest BCUT2D eigenvalue weighted by molar-refractivity contribution is 5.76. The van der Waals surface area contributed by atoms with Crippen molar-refractivity contribution in [2.45, 2.75) is 25.8 Å². The normalized spacial score (nSPS) is 18.7. The molecule has 0 saturated carbocycles. The summed E-state index contributed by atoms with van der Waals surface area (Å²) in [5.41, 5.74) is 5.35. The van der Waals surface area contributed by atoms with Crippen LogP contribution in [0.1, 0.15) is 31.7 Å². The molecule has 1 aliphatic heterocycles. The van der Waals surface area contributed by atoms with Crippen molar-refractivity contribution in [1.82, 2.24) is 15.0 Å². The van der Waals surface area contributed by atoms with E-state index >= 15 is 0 Å².